The van der Waals surface area contributed by atoms with E-state index in [4.69, 9.17) is 18.9 Å². The van der Waals surface area contributed by atoms with Gasteiger partial charge in [0.2, 0.25) is 0 Å². The second-order valence-corrected chi connectivity index (χ2v) is 7.61. The number of benzene rings is 1. The molecule has 2 N–H and O–H groups in total. The molecule has 192 valence electrons. The first-order valence-corrected chi connectivity index (χ1v) is 10.8. The maximum absolute atomic E-state index is 12.2. The number of rotatable bonds is 8. The van der Waals surface area contributed by atoms with Gasteiger partial charge >= 0.3 is 35.7 Å². The van der Waals surface area contributed by atoms with E-state index in [0.717, 1.165) is 0 Å². The monoisotopic (exact) mass is 502 g/mol. The summed E-state index contributed by atoms with van der Waals surface area (Å²) in [5.74, 6) is -3.92. The topological polar surface area (TPSA) is 163 Å². The molecule has 1 aliphatic carbocycles. The minimum atomic E-state index is -0.916. The van der Waals surface area contributed by atoms with Gasteiger partial charge in [0.1, 0.15) is 0 Å². The van der Waals surface area contributed by atoms with E-state index >= 15 is 0 Å². The minimum absolute atomic E-state index is 0.00193. The zero-order valence-corrected chi connectivity index (χ0v) is 20.2. The van der Waals surface area contributed by atoms with E-state index < -0.39 is 35.7 Å². The average Bonchev–Trinajstić information content (AvgIpc) is 2.77. The van der Waals surface area contributed by atoms with Crippen molar-refractivity contribution in [3.8, 4) is 11.5 Å². The quantitative estimate of drug-likeness (QED) is 0.301. The van der Waals surface area contributed by atoms with Crippen LogP contribution >= 0.6 is 0 Å². The number of carbonyl (C=O) groups is 6. The van der Waals surface area contributed by atoms with Crippen LogP contribution in [0.4, 0.5) is 0 Å². The molecule has 0 aromatic heterocycles. The highest BCUT2D eigenvalue weighted by atomic mass is 16.6. The molecule has 12 nitrogen and oxygen atoms in total. The number of amides is 2. The first kappa shape index (κ1) is 27.8. The molecule has 1 aromatic carbocycles. The van der Waals surface area contributed by atoms with Crippen LogP contribution in [0.25, 0.3) is 0 Å². The Morgan fingerprint density at radius 2 is 1.25 bits per heavy atom. The van der Waals surface area contributed by atoms with Gasteiger partial charge in [-0.05, 0) is 35.8 Å². The van der Waals surface area contributed by atoms with Gasteiger partial charge in [-0.2, -0.15) is 0 Å². The molecule has 2 rings (SSSR count). The predicted molar refractivity (Wildman–Crippen MR) is 122 cm³/mol. The Kier molecular flexibility index (Phi) is 9.90. The summed E-state index contributed by atoms with van der Waals surface area (Å²) in [5.41, 5.74) is 1.13. The van der Waals surface area contributed by atoms with Gasteiger partial charge in [0.15, 0.2) is 23.0 Å². The molecule has 0 aliphatic heterocycles. The molecule has 0 radical (unpaired) electrons. The van der Waals surface area contributed by atoms with Crippen LogP contribution in [0.2, 0.25) is 0 Å². The van der Waals surface area contributed by atoms with Crippen molar-refractivity contribution in [1.82, 2.24) is 10.6 Å². The van der Waals surface area contributed by atoms with Gasteiger partial charge in [0, 0.05) is 47.2 Å². The molecule has 0 atom stereocenters. The molecule has 0 heterocycles. The van der Waals surface area contributed by atoms with Gasteiger partial charge in [-0.15, -0.1) is 0 Å². The Bertz CT molecular complexity index is 1150. The van der Waals surface area contributed by atoms with Crippen molar-refractivity contribution in [2.24, 2.45) is 0 Å². The average molecular weight is 502 g/mol. The maximum atomic E-state index is 12.2. The highest BCUT2D eigenvalue weighted by Gasteiger charge is 2.21. The SMILES string of the molecule is CC(=O)OC1=C(OC(C)=O)CCC(CNC(=O)C(=O)NCc2ccc(OC(C)=O)c(OC(C)=O)c2)=C1. The second kappa shape index (κ2) is 12.8. The third-order valence-corrected chi connectivity index (χ3v) is 4.45. The van der Waals surface area contributed by atoms with Crippen LogP contribution in [0.3, 0.4) is 0 Å². The normalized spacial score (nSPS) is 12.6. The summed E-state index contributed by atoms with van der Waals surface area (Å²) in [6, 6.07) is 4.32. The van der Waals surface area contributed by atoms with E-state index in [2.05, 4.69) is 10.6 Å². The van der Waals surface area contributed by atoms with Crippen molar-refractivity contribution in [1.29, 1.82) is 0 Å². The number of ether oxygens (including phenoxy) is 4. The van der Waals surface area contributed by atoms with Crippen LogP contribution in [-0.2, 0) is 44.8 Å². The van der Waals surface area contributed by atoms with E-state index in [1.807, 2.05) is 0 Å². The van der Waals surface area contributed by atoms with Crippen molar-refractivity contribution >= 4 is 35.7 Å². The summed E-state index contributed by atoms with van der Waals surface area (Å²) < 4.78 is 20.1. The molecule has 1 aliphatic rings. The van der Waals surface area contributed by atoms with Crippen LogP contribution in [0.5, 0.6) is 11.5 Å². The van der Waals surface area contributed by atoms with E-state index in [-0.39, 0.29) is 42.5 Å². The van der Waals surface area contributed by atoms with Crippen molar-refractivity contribution < 1.29 is 47.7 Å². The molecule has 0 fully saturated rings. The van der Waals surface area contributed by atoms with Crippen LogP contribution in [0.15, 0.2) is 41.4 Å². The molecule has 1 aromatic rings. The Balaban J connectivity index is 1.98. The molecule has 0 saturated heterocycles. The number of allylic oxidation sites excluding steroid dienone is 2. The Morgan fingerprint density at radius 1 is 0.694 bits per heavy atom. The summed E-state index contributed by atoms with van der Waals surface area (Å²) in [4.78, 5) is 69.5. The number of carbonyl (C=O) groups excluding carboxylic acids is 6. The number of hydrogen-bond acceptors (Lipinski definition) is 10. The lowest BCUT2D eigenvalue weighted by molar-refractivity contribution is -0.141. The summed E-state index contributed by atoms with van der Waals surface area (Å²) in [6.07, 6.45) is 2.15. The summed E-state index contributed by atoms with van der Waals surface area (Å²) in [5, 5.41) is 4.91. The number of esters is 4. The Morgan fingerprint density at radius 3 is 1.83 bits per heavy atom. The lowest BCUT2D eigenvalue weighted by Gasteiger charge is -2.19. The fourth-order valence-corrected chi connectivity index (χ4v) is 3.06. The van der Waals surface area contributed by atoms with E-state index in [1.165, 1.54) is 52.0 Å². The summed E-state index contributed by atoms with van der Waals surface area (Å²) >= 11 is 0. The van der Waals surface area contributed by atoms with E-state index in [1.54, 1.807) is 0 Å². The van der Waals surface area contributed by atoms with Crippen molar-refractivity contribution in [3.63, 3.8) is 0 Å². The van der Waals surface area contributed by atoms with Gasteiger partial charge in [0.25, 0.3) is 0 Å². The molecule has 36 heavy (non-hydrogen) atoms. The van der Waals surface area contributed by atoms with Crippen LogP contribution < -0.4 is 20.1 Å². The highest BCUT2D eigenvalue weighted by molar-refractivity contribution is 6.35. The predicted octanol–water partition coefficient (Wildman–Crippen LogP) is 1.33. The molecular weight excluding hydrogens is 476 g/mol. The van der Waals surface area contributed by atoms with Crippen molar-refractivity contribution in [2.75, 3.05) is 6.54 Å². The third kappa shape index (κ3) is 9.05. The zero-order valence-electron chi connectivity index (χ0n) is 20.2. The van der Waals surface area contributed by atoms with Crippen molar-refractivity contribution in [2.45, 2.75) is 47.1 Å². The molecule has 0 saturated carbocycles. The van der Waals surface area contributed by atoms with Crippen LogP contribution in [0.1, 0.15) is 46.1 Å². The fourth-order valence-electron chi connectivity index (χ4n) is 3.06. The smallest absolute Gasteiger partial charge is 0.309 e. The van der Waals surface area contributed by atoms with Gasteiger partial charge in [-0.1, -0.05) is 6.07 Å². The van der Waals surface area contributed by atoms with Crippen LogP contribution in [0, 0.1) is 0 Å². The molecular formula is C24H26N2O10. The molecule has 12 heteroatoms. The Hall–Kier alpha value is -4.48. The molecule has 2 amide bonds. The Labute approximate surface area is 206 Å². The van der Waals surface area contributed by atoms with Gasteiger partial charge < -0.3 is 29.6 Å². The maximum Gasteiger partial charge on any atom is 0.309 e. The zero-order chi connectivity index (χ0) is 26.8. The number of nitrogens with one attached hydrogen (secondary N) is 2. The lowest BCUT2D eigenvalue weighted by atomic mass is 10.0. The number of hydrogen-bond donors (Lipinski definition) is 2. The largest absolute Gasteiger partial charge is 0.427 e. The molecule has 0 spiro atoms. The van der Waals surface area contributed by atoms with Gasteiger partial charge in [0.05, 0.1) is 0 Å². The van der Waals surface area contributed by atoms with Crippen molar-refractivity contribution in [3.05, 3.63) is 46.9 Å². The van der Waals surface area contributed by atoms with Crippen LogP contribution in [-0.4, -0.2) is 42.2 Å². The standard InChI is InChI=1S/C24H26N2O10/c1-13(27)33-19-7-5-17(9-21(19)35-15(3)29)11-25-23(31)24(32)26-12-18-6-8-20(34-14(2)28)22(10-18)36-16(4)30/h5,7,9-10H,6,8,11-12H2,1-4H3,(H,25,31)(H,26,32). The first-order chi connectivity index (χ1) is 16.9. The summed E-state index contributed by atoms with van der Waals surface area (Å²) in [6.45, 7) is 4.72. The third-order valence-electron chi connectivity index (χ3n) is 4.45. The molecule has 0 unspecified atom stereocenters. The minimum Gasteiger partial charge on any atom is -0.427 e. The van der Waals surface area contributed by atoms with Gasteiger partial charge in [-0.3, -0.25) is 28.8 Å². The van der Waals surface area contributed by atoms with Gasteiger partial charge in [-0.25, -0.2) is 0 Å². The van der Waals surface area contributed by atoms with E-state index in [0.29, 0.717) is 17.6 Å². The van der Waals surface area contributed by atoms with E-state index in [9.17, 15) is 28.8 Å². The lowest BCUT2D eigenvalue weighted by Crippen LogP contribution is -2.40. The molecule has 0 bridgehead atoms. The first-order valence-electron chi connectivity index (χ1n) is 10.8. The summed E-state index contributed by atoms with van der Waals surface area (Å²) in [7, 11) is 0. The fraction of sp³-hybridized carbons (Fsp3) is 0.333. The second-order valence-electron chi connectivity index (χ2n) is 7.61. The highest BCUT2D eigenvalue weighted by Crippen LogP contribution is 2.29.